The van der Waals surface area contributed by atoms with E-state index in [1.54, 1.807) is 30.3 Å². The van der Waals surface area contributed by atoms with Crippen molar-refractivity contribution < 1.29 is 19.1 Å². The number of aromatic hydroxyl groups is 1. The molecule has 7 nitrogen and oxygen atoms in total. The molecule has 4 aromatic rings. The summed E-state index contributed by atoms with van der Waals surface area (Å²) < 4.78 is 11.1. The lowest BCUT2D eigenvalue weighted by Gasteiger charge is -2.10. The van der Waals surface area contributed by atoms with E-state index in [1.807, 2.05) is 36.4 Å². The lowest BCUT2D eigenvalue weighted by atomic mass is 10.1. The molecule has 0 fully saturated rings. The van der Waals surface area contributed by atoms with Crippen LogP contribution in [0.25, 0.3) is 11.0 Å². The van der Waals surface area contributed by atoms with Crippen molar-refractivity contribution in [2.45, 2.75) is 0 Å². The van der Waals surface area contributed by atoms with E-state index in [-0.39, 0.29) is 16.9 Å². The number of para-hydroxylation sites is 3. The van der Waals surface area contributed by atoms with Crippen molar-refractivity contribution in [1.82, 2.24) is 0 Å². The van der Waals surface area contributed by atoms with E-state index in [9.17, 15) is 9.90 Å². The number of nitrogens with one attached hydrogen (secondary N) is 2. The molecule has 0 saturated heterocycles. The van der Waals surface area contributed by atoms with Crippen molar-refractivity contribution in [1.29, 1.82) is 0 Å². The zero-order valence-corrected chi connectivity index (χ0v) is 16.1. The summed E-state index contributed by atoms with van der Waals surface area (Å²) in [5, 5.41) is 17.5. The molecule has 0 radical (unpaired) electrons. The first-order valence-electron chi connectivity index (χ1n) is 9.20. The van der Waals surface area contributed by atoms with Crippen LogP contribution in [0.3, 0.4) is 0 Å². The molecule has 0 atom stereocenters. The number of fused-ring (bicyclic) bond motifs is 1. The third kappa shape index (κ3) is 4.10. The molecule has 0 aliphatic heterocycles. The fourth-order valence-electron chi connectivity index (χ4n) is 2.92. The van der Waals surface area contributed by atoms with Crippen molar-refractivity contribution in [3.05, 3.63) is 90.0 Å². The van der Waals surface area contributed by atoms with Crippen molar-refractivity contribution in [3.8, 4) is 11.5 Å². The first kappa shape index (κ1) is 19.1. The normalized spacial score (nSPS) is 11.3. The van der Waals surface area contributed by atoms with Crippen LogP contribution in [0.15, 0.2) is 88.4 Å². The summed E-state index contributed by atoms with van der Waals surface area (Å²) >= 11 is 0. The highest BCUT2D eigenvalue weighted by Crippen LogP contribution is 2.24. The Morgan fingerprint density at radius 3 is 2.57 bits per heavy atom. The molecule has 3 aromatic carbocycles. The maximum absolute atomic E-state index is 13.1. The highest BCUT2D eigenvalue weighted by Gasteiger charge is 2.15. The Hall–Kier alpha value is -4.26. The van der Waals surface area contributed by atoms with Gasteiger partial charge in [-0.2, -0.15) is 0 Å². The molecule has 7 heteroatoms. The number of hydrogen-bond acceptors (Lipinski definition) is 6. The predicted molar refractivity (Wildman–Crippen MR) is 114 cm³/mol. The number of carbonyl (C=O) groups is 1. The number of nitrogens with zero attached hydrogens (tertiary/aromatic N) is 1. The monoisotopic (exact) mass is 401 g/mol. The summed E-state index contributed by atoms with van der Waals surface area (Å²) in [5.74, 6) is 0.181. The van der Waals surface area contributed by atoms with Crippen molar-refractivity contribution in [2.24, 2.45) is 5.10 Å². The Morgan fingerprint density at radius 1 is 1.00 bits per heavy atom. The molecule has 30 heavy (non-hydrogen) atoms. The number of benzene rings is 3. The number of amides is 1. The number of phenolic OH excluding ortho intramolecular Hbond substituents is 1. The predicted octanol–water partition coefficient (Wildman–Crippen LogP) is 4.33. The van der Waals surface area contributed by atoms with E-state index < -0.39 is 5.91 Å². The standard InChI is InChI=1S/C23H19N3O4/c1-29-20-10-6-5-9-19(20)24-22(28)18-13-15-11-12-17(27)14-21(15)30-23(18)26-25-16-7-3-2-4-8-16/h2-14,25,27H,1H3,(H,24,28). The van der Waals surface area contributed by atoms with Gasteiger partial charge in [-0.25, -0.2) is 0 Å². The summed E-state index contributed by atoms with van der Waals surface area (Å²) in [7, 11) is 1.54. The topological polar surface area (TPSA) is 96.1 Å². The summed E-state index contributed by atoms with van der Waals surface area (Å²) in [4.78, 5) is 13.1. The molecule has 1 aromatic heterocycles. The molecule has 1 heterocycles. The van der Waals surface area contributed by atoms with Gasteiger partial charge >= 0.3 is 0 Å². The van der Waals surface area contributed by atoms with Crippen LogP contribution in [0.1, 0.15) is 10.4 Å². The Morgan fingerprint density at radius 2 is 1.77 bits per heavy atom. The molecule has 4 rings (SSSR count). The maximum Gasteiger partial charge on any atom is 0.261 e. The second kappa shape index (κ2) is 8.40. The van der Waals surface area contributed by atoms with Gasteiger partial charge in [-0.15, -0.1) is 5.10 Å². The summed E-state index contributed by atoms with van der Waals surface area (Å²) in [5.41, 5.74) is 4.85. The van der Waals surface area contributed by atoms with Crippen LogP contribution >= 0.6 is 0 Å². The highest BCUT2D eigenvalue weighted by atomic mass is 16.5. The number of phenols is 1. The Kier molecular flexibility index (Phi) is 5.34. The minimum absolute atomic E-state index is 0.0550. The molecule has 0 unspecified atom stereocenters. The van der Waals surface area contributed by atoms with E-state index in [1.165, 1.54) is 19.2 Å². The molecular weight excluding hydrogens is 382 g/mol. The molecule has 1 amide bonds. The third-order valence-corrected chi connectivity index (χ3v) is 4.39. The Labute approximate surface area is 172 Å². The number of rotatable bonds is 5. The maximum atomic E-state index is 13.1. The van der Waals surface area contributed by atoms with Crippen molar-refractivity contribution in [3.63, 3.8) is 0 Å². The molecule has 0 saturated carbocycles. The van der Waals surface area contributed by atoms with Gasteiger partial charge in [0.15, 0.2) is 0 Å². The minimum Gasteiger partial charge on any atom is -0.508 e. The fraction of sp³-hybridized carbons (Fsp3) is 0.0435. The first-order valence-corrected chi connectivity index (χ1v) is 9.20. The van der Waals surface area contributed by atoms with Gasteiger partial charge in [-0.05, 0) is 42.5 Å². The summed E-state index contributed by atoms with van der Waals surface area (Å²) in [6.07, 6.45) is 0. The lowest BCUT2D eigenvalue weighted by Crippen LogP contribution is -2.23. The SMILES string of the molecule is COc1ccccc1NC(=O)c1cc2ccc(O)cc2oc1=NNc1ccccc1. The van der Waals surface area contributed by atoms with Gasteiger partial charge in [-0.1, -0.05) is 30.3 Å². The van der Waals surface area contributed by atoms with E-state index in [4.69, 9.17) is 9.15 Å². The molecule has 150 valence electrons. The molecule has 0 spiro atoms. The largest absolute Gasteiger partial charge is 0.508 e. The van der Waals surface area contributed by atoms with Gasteiger partial charge < -0.3 is 19.6 Å². The van der Waals surface area contributed by atoms with Crippen molar-refractivity contribution >= 4 is 28.3 Å². The molecule has 0 aliphatic carbocycles. The number of hydrogen-bond donors (Lipinski definition) is 3. The van der Waals surface area contributed by atoms with Gasteiger partial charge in [0.25, 0.3) is 5.91 Å². The Balaban J connectivity index is 1.78. The number of methoxy groups -OCH3 is 1. The number of ether oxygens (including phenoxy) is 1. The molecule has 0 aliphatic rings. The van der Waals surface area contributed by atoms with Crippen LogP contribution in [0.5, 0.6) is 11.5 Å². The average molecular weight is 401 g/mol. The fourth-order valence-corrected chi connectivity index (χ4v) is 2.92. The minimum atomic E-state index is -0.410. The smallest absolute Gasteiger partial charge is 0.261 e. The zero-order valence-electron chi connectivity index (χ0n) is 16.1. The van der Waals surface area contributed by atoms with E-state index >= 15 is 0 Å². The molecular formula is C23H19N3O4. The average Bonchev–Trinajstić information content (AvgIpc) is 2.78. The lowest BCUT2D eigenvalue weighted by molar-refractivity contribution is 0.102. The quantitative estimate of drug-likeness (QED) is 0.433. The molecule has 3 N–H and O–H groups in total. The highest BCUT2D eigenvalue weighted by molar-refractivity contribution is 6.06. The Bertz CT molecular complexity index is 1270. The number of anilines is 2. The van der Waals surface area contributed by atoms with Gasteiger partial charge in [0.05, 0.1) is 18.5 Å². The van der Waals surface area contributed by atoms with Crippen LogP contribution in [-0.2, 0) is 0 Å². The van der Waals surface area contributed by atoms with Gasteiger partial charge in [0.1, 0.15) is 22.6 Å². The van der Waals surface area contributed by atoms with Crippen LogP contribution in [0.2, 0.25) is 0 Å². The van der Waals surface area contributed by atoms with E-state index in [0.29, 0.717) is 22.4 Å². The summed E-state index contributed by atoms with van der Waals surface area (Å²) in [6, 6.07) is 22.7. The van der Waals surface area contributed by atoms with E-state index in [2.05, 4.69) is 15.8 Å². The van der Waals surface area contributed by atoms with Gasteiger partial charge in [-0.3, -0.25) is 10.2 Å². The van der Waals surface area contributed by atoms with Crippen LogP contribution in [-0.4, -0.2) is 18.1 Å². The third-order valence-electron chi connectivity index (χ3n) is 4.39. The van der Waals surface area contributed by atoms with E-state index in [0.717, 1.165) is 5.69 Å². The van der Waals surface area contributed by atoms with Gasteiger partial charge in [0.2, 0.25) is 5.55 Å². The van der Waals surface area contributed by atoms with Crippen LogP contribution < -0.4 is 21.0 Å². The van der Waals surface area contributed by atoms with Crippen molar-refractivity contribution in [2.75, 3.05) is 17.9 Å². The van der Waals surface area contributed by atoms with Gasteiger partial charge in [0, 0.05) is 11.5 Å². The number of carbonyl (C=O) groups excluding carboxylic acids is 1. The van der Waals surface area contributed by atoms with Crippen LogP contribution in [0.4, 0.5) is 11.4 Å². The second-order valence-corrected chi connectivity index (χ2v) is 6.43. The molecule has 0 bridgehead atoms. The summed E-state index contributed by atoms with van der Waals surface area (Å²) in [6.45, 7) is 0. The van der Waals surface area contributed by atoms with Crippen LogP contribution in [0, 0.1) is 0 Å². The zero-order chi connectivity index (χ0) is 20.9. The first-order chi connectivity index (χ1) is 14.6. The second-order valence-electron chi connectivity index (χ2n) is 6.43.